The number of nitrogens with zero attached hydrogens (tertiary/aromatic N) is 1. The van der Waals surface area contributed by atoms with Crippen LogP contribution in [0.25, 0.3) is 0 Å². The van der Waals surface area contributed by atoms with Crippen LogP contribution < -0.4 is 0 Å². The highest BCUT2D eigenvalue weighted by atomic mass is 32.1. The lowest BCUT2D eigenvalue weighted by Gasteiger charge is -2.21. The zero-order chi connectivity index (χ0) is 10.1. The van der Waals surface area contributed by atoms with E-state index >= 15 is 0 Å². The number of Topliss-reactive ketones (excluding diaryl/α,β-unsaturated/α-hetero) is 1. The molecular weight excluding hydrogens is 182 g/mol. The van der Waals surface area contributed by atoms with Crippen LogP contribution in [0.4, 0.5) is 0 Å². The highest BCUT2D eigenvalue weighted by Crippen LogP contribution is 2.32. The lowest BCUT2D eigenvalue weighted by atomic mass is 9.85. The third kappa shape index (κ3) is 2.37. The van der Waals surface area contributed by atoms with Gasteiger partial charge in [-0.05, 0) is 13.8 Å². The maximum absolute atomic E-state index is 11.1. The summed E-state index contributed by atoms with van der Waals surface area (Å²) < 4.78 is 0. The van der Waals surface area contributed by atoms with Gasteiger partial charge < -0.3 is 0 Å². The SMILES string of the molecule is CC(=O)CC(C)(C)c1scnc1C. The summed E-state index contributed by atoms with van der Waals surface area (Å²) in [6, 6.07) is 0. The Hall–Kier alpha value is -0.700. The van der Waals surface area contributed by atoms with Gasteiger partial charge in [0.25, 0.3) is 0 Å². The smallest absolute Gasteiger partial charge is 0.130 e. The van der Waals surface area contributed by atoms with Crippen LogP contribution in [0.3, 0.4) is 0 Å². The lowest BCUT2D eigenvalue weighted by molar-refractivity contribution is -0.117. The summed E-state index contributed by atoms with van der Waals surface area (Å²) >= 11 is 1.64. The summed E-state index contributed by atoms with van der Waals surface area (Å²) in [5, 5.41) is 0. The summed E-state index contributed by atoms with van der Waals surface area (Å²) in [7, 11) is 0. The fourth-order valence-corrected chi connectivity index (χ4v) is 2.58. The number of aryl methyl sites for hydroxylation is 1. The van der Waals surface area contributed by atoms with Crippen LogP contribution in [-0.4, -0.2) is 10.8 Å². The van der Waals surface area contributed by atoms with Gasteiger partial charge >= 0.3 is 0 Å². The second kappa shape index (κ2) is 3.58. The fourth-order valence-electron chi connectivity index (χ4n) is 1.65. The number of hydrogen-bond donors (Lipinski definition) is 0. The van der Waals surface area contributed by atoms with E-state index in [0.29, 0.717) is 6.42 Å². The predicted molar refractivity (Wildman–Crippen MR) is 55.2 cm³/mol. The molecule has 0 aliphatic carbocycles. The number of carbonyl (C=O) groups is 1. The Labute approximate surface area is 83.0 Å². The van der Waals surface area contributed by atoms with Gasteiger partial charge in [0.15, 0.2) is 0 Å². The molecule has 0 fully saturated rings. The molecule has 0 amide bonds. The molecule has 0 saturated carbocycles. The van der Waals surface area contributed by atoms with Crippen LogP contribution >= 0.6 is 11.3 Å². The molecule has 0 N–H and O–H groups in total. The fraction of sp³-hybridized carbons (Fsp3) is 0.600. The van der Waals surface area contributed by atoms with Crippen molar-refractivity contribution in [2.24, 2.45) is 0 Å². The molecule has 0 spiro atoms. The molecule has 1 rings (SSSR count). The molecule has 1 aromatic rings. The maximum atomic E-state index is 11.1. The van der Waals surface area contributed by atoms with E-state index in [1.54, 1.807) is 18.3 Å². The van der Waals surface area contributed by atoms with E-state index < -0.39 is 0 Å². The van der Waals surface area contributed by atoms with Crippen LogP contribution in [0.15, 0.2) is 5.51 Å². The number of ketones is 1. The number of aromatic nitrogens is 1. The van der Waals surface area contributed by atoms with Crippen LogP contribution in [0, 0.1) is 6.92 Å². The second-order valence-electron chi connectivity index (χ2n) is 4.03. The highest BCUT2D eigenvalue weighted by molar-refractivity contribution is 7.09. The normalized spacial score (nSPS) is 11.7. The summed E-state index contributed by atoms with van der Waals surface area (Å²) in [4.78, 5) is 16.5. The molecule has 13 heavy (non-hydrogen) atoms. The highest BCUT2D eigenvalue weighted by Gasteiger charge is 2.25. The largest absolute Gasteiger partial charge is 0.300 e. The average molecular weight is 197 g/mol. The van der Waals surface area contributed by atoms with Crippen molar-refractivity contribution in [3.8, 4) is 0 Å². The molecule has 1 aromatic heterocycles. The topological polar surface area (TPSA) is 30.0 Å². The molecule has 0 bridgehead atoms. The predicted octanol–water partition coefficient (Wildman–Crippen LogP) is 2.71. The minimum Gasteiger partial charge on any atom is -0.300 e. The summed E-state index contributed by atoms with van der Waals surface area (Å²) in [5.74, 6) is 0.234. The Morgan fingerprint density at radius 3 is 2.62 bits per heavy atom. The zero-order valence-electron chi connectivity index (χ0n) is 8.55. The van der Waals surface area contributed by atoms with Gasteiger partial charge in [-0.15, -0.1) is 11.3 Å². The molecule has 0 saturated heterocycles. The lowest BCUT2D eigenvalue weighted by Crippen LogP contribution is -2.20. The van der Waals surface area contributed by atoms with Gasteiger partial charge in [-0.2, -0.15) is 0 Å². The monoisotopic (exact) mass is 197 g/mol. The van der Waals surface area contributed by atoms with Crippen molar-refractivity contribution in [1.82, 2.24) is 4.98 Å². The van der Waals surface area contributed by atoms with E-state index in [2.05, 4.69) is 18.8 Å². The van der Waals surface area contributed by atoms with Crippen molar-refractivity contribution in [3.05, 3.63) is 16.1 Å². The maximum Gasteiger partial charge on any atom is 0.130 e. The van der Waals surface area contributed by atoms with Gasteiger partial charge in [-0.25, -0.2) is 4.98 Å². The Balaban J connectivity index is 2.93. The minimum atomic E-state index is -0.0584. The van der Waals surface area contributed by atoms with E-state index in [4.69, 9.17) is 0 Å². The number of thiazole rings is 1. The van der Waals surface area contributed by atoms with E-state index in [9.17, 15) is 4.79 Å². The molecule has 72 valence electrons. The van der Waals surface area contributed by atoms with Crippen molar-refractivity contribution in [3.63, 3.8) is 0 Å². The van der Waals surface area contributed by atoms with E-state index in [-0.39, 0.29) is 11.2 Å². The Bertz CT molecular complexity index is 314. The second-order valence-corrected chi connectivity index (χ2v) is 4.88. The van der Waals surface area contributed by atoms with E-state index in [0.717, 1.165) is 5.69 Å². The zero-order valence-corrected chi connectivity index (χ0v) is 9.36. The van der Waals surface area contributed by atoms with Crippen molar-refractivity contribution >= 4 is 17.1 Å². The van der Waals surface area contributed by atoms with Crippen molar-refractivity contribution in [1.29, 1.82) is 0 Å². The quantitative estimate of drug-likeness (QED) is 0.745. The van der Waals surface area contributed by atoms with E-state index in [1.807, 2.05) is 12.4 Å². The molecule has 0 aliphatic rings. The number of carbonyl (C=O) groups excluding carboxylic acids is 1. The van der Waals surface area contributed by atoms with Crippen molar-refractivity contribution in [2.45, 2.75) is 39.5 Å². The van der Waals surface area contributed by atoms with Gasteiger partial charge in [0.2, 0.25) is 0 Å². The van der Waals surface area contributed by atoms with Crippen LogP contribution in [0.2, 0.25) is 0 Å². The third-order valence-corrected chi connectivity index (χ3v) is 3.35. The average Bonchev–Trinajstić information content (AvgIpc) is 2.32. The third-order valence-electron chi connectivity index (χ3n) is 2.05. The molecule has 1 heterocycles. The van der Waals surface area contributed by atoms with Crippen molar-refractivity contribution < 1.29 is 4.79 Å². The molecule has 2 nitrogen and oxygen atoms in total. The summed E-state index contributed by atoms with van der Waals surface area (Å²) in [6.07, 6.45) is 0.593. The van der Waals surface area contributed by atoms with Crippen LogP contribution in [0.5, 0.6) is 0 Å². The first-order valence-corrected chi connectivity index (χ1v) is 5.21. The molecule has 0 atom stereocenters. The Kier molecular flexibility index (Phi) is 2.86. The van der Waals surface area contributed by atoms with Crippen molar-refractivity contribution in [2.75, 3.05) is 0 Å². The van der Waals surface area contributed by atoms with Gasteiger partial charge in [0.05, 0.1) is 11.2 Å². The first-order valence-electron chi connectivity index (χ1n) is 4.33. The minimum absolute atomic E-state index is 0.0584. The standard InChI is InChI=1S/C10H15NOS/c1-7(12)5-10(3,4)9-8(2)11-6-13-9/h6H,5H2,1-4H3. The first-order chi connectivity index (χ1) is 5.93. The molecule has 3 heteroatoms. The summed E-state index contributed by atoms with van der Waals surface area (Å²) in [6.45, 7) is 7.82. The molecule has 0 aromatic carbocycles. The van der Waals surface area contributed by atoms with E-state index in [1.165, 1.54) is 4.88 Å². The molecule has 0 radical (unpaired) electrons. The van der Waals surface area contributed by atoms with Gasteiger partial charge in [-0.1, -0.05) is 13.8 Å². The van der Waals surface area contributed by atoms with Gasteiger partial charge in [0, 0.05) is 16.7 Å². The number of rotatable bonds is 3. The summed E-state index contributed by atoms with van der Waals surface area (Å²) in [5.41, 5.74) is 2.83. The number of hydrogen-bond acceptors (Lipinski definition) is 3. The Morgan fingerprint density at radius 1 is 1.62 bits per heavy atom. The van der Waals surface area contributed by atoms with Crippen LogP contribution in [-0.2, 0) is 10.2 Å². The molecule has 0 unspecified atom stereocenters. The first kappa shape index (κ1) is 10.4. The molecular formula is C10H15NOS. The Morgan fingerprint density at radius 2 is 2.23 bits per heavy atom. The van der Waals surface area contributed by atoms with Gasteiger partial charge in [0.1, 0.15) is 5.78 Å². The van der Waals surface area contributed by atoms with Gasteiger partial charge in [-0.3, -0.25) is 4.79 Å². The van der Waals surface area contributed by atoms with Crippen LogP contribution in [0.1, 0.15) is 37.8 Å². The molecule has 0 aliphatic heterocycles.